The van der Waals surface area contributed by atoms with Crippen LogP contribution in [0.15, 0.2) is 42.1 Å². The molecule has 0 aliphatic carbocycles. The van der Waals surface area contributed by atoms with Gasteiger partial charge in [-0.05, 0) is 6.92 Å². The van der Waals surface area contributed by atoms with Gasteiger partial charge >= 0.3 is 0 Å². The van der Waals surface area contributed by atoms with Crippen LogP contribution in [0.3, 0.4) is 0 Å². The Morgan fingerprint density at radius 1 is 1.38 bits per heavy atom. The number of hydrogen-bond acceptors (Lipinski definition) is 3. The first-order valence-electron chi connectivity index (χ1n) is 3.92. The molecule has 1 rings (SSSR count). The second kappa shape index (κ2) is 4.42. The quantitative estimate of drug-likeness (QED) is 0.420. The van der Waals surface area contributed by atoms with E-state index in [0.717, 1.165) is 0 Å². The maximum Gasteiger partial charge on any atom is 0.187 e. The molecule has 3 heteroatoms. The topological polar surface area (TPSA) is 49.3 Å². The summed E-state index contributed by atoms with van der Waals surface area (Å²) in [5.74, 6) is -0.125. The molecule has 0 saturated heterocycles. The van der Waals surface area contributed by atoms with E-state index in [2.05, 4.69) is 0 Å². The number of rotatable bonds is 3. The molecule has 68 valence electrons. The van der Waals surface area contributed by atoms with E-state index in [9.17, 15) is 4.79 Å². The van der Waals surface area contributed by atoms with Gasteiger partial charge in [0, 0.05) is 17.3 Å². The first-order valence-corrected chi connectivity index (χ1v) is 3.92. The van der Waals surface area contributed by atoms with Crippen molar-refractivity contribution >= 4 is 5.78 Å². The van der Waals surface area contributed by atoms with Crippen molar-refractivity contribution in [2.24, 2.45) is 0 Å². The lowest BCUT2D eigenvalue weighted by atomic mass is 10.1. The number of carbonyl (C=O) groups excluding carboxylic acids is 1. The van der Waals surface area contributed by atoms with Gasteiger partial charge < -0.3 is 0 Å². The van der Waals surface area contributed by atoms with Crippen LogP contribution < -0.4 is 5.48 Å². The van der Waals surface area contributed by atoms with Crippen molar-refractivity contribution in [1.82, 2.24) is 5.48 Å². The van der Waals surface area contributed by atoms with E-state index in [4.69, 9.17) is 5.21 Å². The van der Waals surface area contributed by atoms with Gasteiger partial charge in [-0.2, -0.15) is 0 Å². The largest absolute Gasteiger partial charge is 0.291 e. The summed E-state index contributed by atoms with van der Waals surface area (Å²) in [6.45, 7) is 1.61. The highest BCUT2D eigenvalue weighted by Gasteiger charge is 2.00. The molecule has 1 aromatic rings. The molecule has 0 heterocycles. The Bertz CT molecular complexity index is 317. The zero-order valence-corrected chi connectivity index (χ0v) is 7.32. The van der Waals surface area contributed by atoms with Gasteiger partial charge in [-0.1, -0.05) is 30.3 Å². The summed E-state index contributed by atoms with van der Waals surface area (Å²) in [5, 5.41) is 8.46. The molecule has 0 unspecified atom stereocenters. The Balaban J connectivity index is 2.81. The Morgan fingerprint density at radius 2 is 2.00 bits per heavy atom. The van der Waals surface area contributed by atoms with Gasteiger partial charge in [0.05, 0.1) is 0 Å². The molecule has 1 aromatic carbocycles. The van der Waals surface area contributed by atoms with Crippen molar-refractivity contribution in [1.29, 1.82) is 0 Å². The molecule has 0 aromatic heterocycles. The average Bonchev–Trinajstić information content (AvgIpc) is 2.19. The molecule has 0 bridgehead atoms. The highest BCUT2D eigenvalue weighted by atomic mass is 16.5. The van der Waals surface area contributed by atoms with Crippen molar-refractivity contribution < 1.29 is 10.0 Å². The van der Waals surface area contributed by atoms with Gasteiger partial charge in [0.1, 0.15) is 0 Å². The van der Waals surface area contributed by atoms with Crippen LogP contribution in [0.2, 0.25) is 0 Å². The number of benzene rings is 1. The number of ketones is 1. The van der Waals surface area contributed by atoms with Crippen molar-refractivity contribution in [2.75, 3.05) is 0 Å². The molecular formula is C10H11NO2. The van der Waals surface area contributed by atoms with E-state index in [-0.39, 0.29) is 5.78 Å². The third-order valence-electron chi connectivity index (χ3n) is 1.58. The molecule has 3 nitrogen and oxygen atoms in total. The molecule has 13 heavy (non-hydrogen) atoms. The minimum Gasteiger partial charge on any atom is -0.291 e. The SMILES string of the molecule is C/C(=C/C(=O)c1ccccc1)NO. The second-order valence-electron chi connectivity index (χ2n) is 2.67. The molecule has 0 saturated carbocycles. The fraction of sp³-hybridized carbons (Fsp3) is 0.100. The first kappa shape index (κ1) is 9.48. The van der Waals surface area contributed by atoms with E-state index < -0.39 is 0 Å². The van der Waals surface area contributed by atoms with E-state index >= 15 is 0 Å². The van der Waals surface area contributed by atoms with Crippen LogP contribution in [0.5, 0.6) is 0 Å². The Kier molecular flexibility index (Phi) is 3.23. The van der Waals surface area contributed by atoms with Crippen LogP contribution in [0.25, 0.3) is 0 Å². The predicted molar refractivity (Wildman–Crippen MR) is 49.5 cm³/mol. The zero-order valence-electron chi connectivity index (χ0n) is 7.32. The predicted octanol–water partition coefficient (Wildman–Crippen LogP) is 1.75. The highest BCUT2D eigenvalue weighted by molar-refractivity contribution is 6.04. The summed E-state index contributed by atoms with van der Waals surface area (Å²) in [4.78, 5) is 11.4. The molecule has 0 aliphatic rings. The minimum absolute atomic E-state index is 0.125. The lowest BCUT2D eigenvalue weighted by Crippen LogP contribution is -2.06. The second-order valence-corrected chi connectivity index (χ2v) is 2.67. The molecule has 0 atom stereocenters. The van der Waals surface area contributed by atoms with E-state index in [1.54, 1.807) is 31.2 Å². The van der Waals surface area contributed by atoms with Crippen LogP contribution >= 0.6 is 0 Å². The maximum absolute atomic E-state index is 11.4. The van der Waals surface area contributed by atoms with E-state index in [1.807, 2.05) is 11.5 Å². The first-order chi connectivity index (χ1) is 6.24. The number of nitrogens with one attached hydrogen (secondary N) is 1. The third-order valence-corrected chi connectivity index (χ3v) is 1.58. The lowest BCUT2D eigenvalue weighted by molar-refractivity contribution is 0.104. The summed E-state index contributed by atoms with van der Waals surface area (Å²) in [6, 6.07) is 8.89. The zero-order chi connectivity index (χ0) is 9.68. The molecule has 0 radical (unpaired) electrons. The summed E-state index contributed by atoms with van der Waals surface area (Å²) in [5.41, 5.74) is 2.94. The monoisotopic (exact) mass is 177 g/mol. The van der Waals surface area contributed by atoms with Crippen LogP contribution in [-0.4, -0.2) is 11.0 Å². The standard InChI is InChI=1S/C10H11NO2/c1-8(11-13)7-10(12)9-5-3-2-4-6-9/h2-7,11,13H,1H3/b8-7-. The molecule has 0 fully saturated rings. The maximum atomic E-state index is 11.4. The third kappa shape index (κ3) is 2.72. The van der Waals surface area contributed by atoms with E-state index in [1.165, 1.54) is 6.08 Å². The Morgan fingerprint density at radius 3 is 2.54 bits per heavy atom. The fourth-order valence-corrected chi connectivity index (χ4v) is 0.915. The number of hydroxylamine groups is 1. The Hall–Kier alpha value is -1.61. The number of hydrogen-bond donors (Lipinski definition) is 2. The van der Waals surface area contributed by atoms with Crippen LogP contribution in [0, 0.1) is 0 Å². The van der Waals surface area contributed by atoms with Gasteiger partial charge in [0.2, 0.25) is 0 Å². The average molecular weight is 177 g/mol. The van der Waals surface area contributed by atoms with Crippen molar-refractivity contribution in [3.05, 3.63) is 47.7 Å². The highest BCUT2D eigenvalue weighted by Crippen LogP contribution is 2.01. The van der Waals surface area contributed by atoms with Crippen LogP contribution in [-0.2, 0) is 0 Å². The summed E-state index contributed by atoms with van der Waals surface area (Å²) in [6.07, 6.45) is 1.34. The molecule has 0 amide bonds. The van der Waals surface area contributed by atoms with E-state index in [0.29, 0.717) is 11.3 Å². The van der Waals surface area contributed by atoms with Crippen molar-refractivity contribution in [3.63, 3.8) is 0 Å². The summed E-state index contributed by atoms with van der Waals surface area (Å²) < 4.78 is 0. The van der Waals surface area contributed by atoms with Crippen LogP contribution in [0.4, 0.5) is 0 Å². The molecule has 0 spiro atoms. The van der Waals surface area contributed by atoms with Gasteiger partial charge in [0.15, 0.2) is 5.78 Å². The molecule has 0 aliphatic heterocycles. The van der Waals surface area contributed by atoms with Gasteiger partial charge in [-0.15, -0.1) is 0 Å². The number of allylic oxidation sites excluding steroid dienone is 2. The van der Waals surface area contributed by atoms with Crippen molar-refractivity contribution in [2.45, 2.75) is 6.92 Å². The van der Waals surface area contributed by atoms with Gasteiger partial charge in [-0.25, -0.2) is 0 Å². The van der Waals surface area contributed by atoms with Gasteiger partial charge in [-0.3, -0.25) is 15.5 Å². The number of carbonyl (C=O) groups is 1. The minimum atomic E-state index is -0.125. The normalized spacial score (nSPS) is 11.1. The summed E-state index contributed by atoms with van der Waals surface area (Å²) >= 11 is 0. The Labute approximate surface area is 76.7 Å². The van der Waals surface area contributed by atoms with Gasteiger partial charge in [0.25, 0.3) is 0 Å². The summed E-state index contributed by atoms with van der Waals surface area (Å²) in [7, 11) is 0. The lowest BCUT2D eigenvalue weighted by Gasteiger charge is -1.97. The van der Waals surface area contributed by atoms with Crippen LogP contribution in [0.1, 0.15) is 17.3 Å². The smallest absolute Gasteiger partial charge is 0.187 e. The van der Waals surface area contributed by atoms with Crippen molar-refractivity contribution in [3.8, 4) is 0 Å². The fourth-order valence-electron chi connectivity index (χ4n) is 0.915. The molecule has 2 N–H and O–H groups in total. The molecular weight excluding hydrogens is 166 g/mol.